The molecule has 0 amide bonds. The monoisotopic (exact) mass is 300 g/mol. The van der Waals surface area contributed by atoms with Gasteiger partial charge in [-0.25, -0.2) is 19.9 Å². The Hall–Kier alpha value is -2.88. The number of nitrogens with zero attached hydrogens (tertiary/aromatic N) is 4. The van der Waals surface area contributed by atoms with Crippen LogP contribution in [0.5, 0.6) is 0 Å². The second-order valence-corrected chi connectivity index (χ2v) is 5.66. The summed E-state index contributed by atoms with van der Waals surface area (Å²) in [4.78, 5) is 18.5. The van der Waals surface area contributed by atoms with Crippen LogP contribution in [0.15, 0.2) is 48.5 Å². The van der Waals surface area contributed by atoms with E-state index in [4.69, 9.17) is 0 Å². The van der Waals surface area contributed by atoms with Crippen molar-refractivity contribution >= 4 is 21.8 Å². The third kappa shape index (κ3) is 2.52. The van der Waals surface area contributed by atoms with Crippen molar-refractivity contribution in [3.8, 4) is 0 Å². The highest BCUT2D eigenvalue weighted by atomic mass is 14.9. The first-order chi connectivity index (χ1) is 11.2. The molecule has 4 aromatic rings. The largest absolute Gasteiger partial charge is 0.237 e. The van der Waals surface area contributed by atoms with Crippen molar-refractivity contribution in [1.82, 2.24) is 19.9 Å². The molecule has 4 heteroatoms. The highest BCUT2D eigenvalue weighted by Crippen LogP contribution is 2.18. The molecule has 0 bridgehead atoms. The number of hydrogen-bond acceptors (Lipinski definition) is 4. The average Bonchev–Trinajstić information content (AvgIpc) is 2.55. The van der Waals surface area contributed by atoms with Crippen LogP contribution in [0, 0.1) is 13.8 Å². The predicted molar refractivity (Wildman–Crippen MR) is 91.4 cm³/mol. The summed E-state index contributed by atoms with van der Waals surface area (Å²) in [6.45, 7) is 4.03. The van der Waals surface area contributed by atoms with Crippen molar-refractivity contribution in [2.75, 3.05) is 0 Å². The van der Waals surface area contributed by atoms with E-state index >= 15 is 0 Å². The van der Waals surface area contributed by atoms with Gasteiger partial charge in [0.1, 0.15) is 11.6 Å². The van der Waals surface area contributed by atoms with Gasteiger partial charge >= 0.3 is 0 Å². The summed E-state index contributed by atoms with van der Waals surface area (Å²) >= 11 is 0. The van der Waals surface area contributed by atoms with E-state index < -0.39 is 0 Å². The molecule has 0 atom stereocenters. The van der Waals surface area contributed by atoms with E-state index in [-0.39, 0.29) is 0 Å². The SMILES string of the molecule is Cc1nc(Cc2nc(C)c3ccccc3n2)nc2ccccc12. The Balaban J connectivity index is 1.78. The van der Waals surface area contributed by atoms with E-state index in [1.54, 1.807) is 0 Å². The van der Waals surface area contributed by atoms with Crippen molar-refractivity contribution in [3.63, 3.8) is 0 Å². The fourth-order valence-electron chi connectivity index (χ4n) is 2.89. The molecule has 0 aliphatic heterocycles. The number of aryl methyl sites for hydroxylation is 2. The molecule has 0 saturated carbocycles. The standard InChI is InChI=1S/C19H16N4/c1-12-14-7-3-5-9-16(14)22-18(20-12)11-19-21-13(2)15-8-4-6-10-17(15)23-19/h3-10H,11H2,1-2H3. The summed E-state index contributed by atoms with van der Waals surface area (Å²) in [5, 5.41) is 2.18. The minimum Gasteiger partial charge on any atom is -0.237 e. The number of aromatic nitrogens is 4. The van der Waals surface area contributed by atoms with Gasteiger partial charge in [0.2, 0.25) is 0 Å². The Morgan fingerprint density at radius 2 is 1.04 bits per heavy atom. The zero-order valence-corrected chi connectivity index (χ0v) is 13.1. The molecule has 0 unspecified atom stereocenters. The molecule has 0 radical (unpaired) electrons. The fourth-order valence-corrected chi connectivity index (χ4v) is 2.89. The number of benzene rings is 2. The van der Waals surface area contributed by atoms with Gasteiger partial charge in [-0.2, -0.15) is 0 Å². The summed E-state index contributed by atoms with van der Waals surface area (Å²) in [6.07, 6.45) is 0.539. The van der Waals surface area contributed by atoms with E-state index in [1.807, 2.05) is 62.4 Å². The average molecular weight is 300 g/mol. The second-order valence-electron chi connectivity index (χ2n) is 5.66. The van der Waals surface area contributed by atoms with E-state index in [0.717, 1.165) is 44.8 Å². The lowest BCUT2D eigenvalue weighted by Gasteiger charge is -2.07. The van der Waals surface area contributed by atoms with Gasteiger partial charge in [0, 0.05) is 22.2 Å². The van der Waals surface area contributed by atoms with Gasteiger partial charge in [-0.3, -0.25) is 0 Å². The maximum absolute atomic E-state index is 4.65. The quantitative estimate of drug-likeness (QED) is 0.565. The number of para-hydroxylation sites is 2. The van der Waals surface area contributed by atoms with Crippen LogP contribution in [0.25, 0.3) is 21.8 Å². The lowest BCUT2D eigenvalue weighted by molar-refractivity contribution is 0.891. The third-order valence-corrected chi connectivity index (χ3v) is 4.00. The van der Waals surface area contributed by atoms with Crippen LogP contribution >= 0.6 is 0 Å². The van der Waals surface area contributed by atoms with Gasteiger partial charge < -0.3 is 0 Å². The summed E-state index contributed by atoms with van der Waals surface area (Å²) < 4.78 is 0. The van der Waals surface area contributed by atoms with Gasteiger partial charge in [-0.15, -0.1) is 0 Å². The van der Waals surface area contributed by atoms with Crippen LogP contribution in [0.1, 0.15) is 23.0 Å². The molecule has 2 aromatic heterocycles. The molecule has 0 saturated heterocycles. The molecule has 0 spiro atoms. The lowest BCUT2D eigenvalue weighted by Crippen LogP contribution is -2.04. The molecule has 0 aliphatic carbocycles. The maximum atomic E-state index is 4.65. The van der Waals surface area contributed by atoms with Crippen LogP contribution in [0.3, 0.4) is 0 Å². The summed E-state index contributed by atoms with van der Waals surface area (Å²) in [5.41, 5.74) is 3.91. The molecule has 0 fully saturated rings. The van der Waals surface area contributed by atoms with Gasteiger partial charge in [-0.1, -0.05) is 36.4 Å². The highest BCUT2D eigenvalue weighted by molar-refractivity contribution is 5.81. The molecule has 4 rings (SSSR count). The van der Waals surface area contributed by atoms with Crippen LogP contribution in [-0.2, 0) is 6.42 Å². The Kier molecular flexibility index (Phi) is 3.23. The van der Waals surface area contributed by atoms with E-state index in [1.165, 1.54) is 0 Å². The van der Waals surface area contributed by atoms with Crippen molar-refractivity contribution < 1.29 is 0 Å². The van der Waals surface area contributed by atoms with Crippen LogP contribution in [0.2, 0.25) is 0 Å². The molecular formula is C19H16N4. The highest BCUT2D eigenvalue weighted by Gasteiger charge is 2.09. The lowest BCUT2D eigenvalue weighted by atomic mass is 10.2. The number of rotatable bonds is 2. The fraction of sp³-hybridized carbons (Fsp3) is 0.158. The second kappa shape index (κ2) is 5.39. The Bertz CT molecular complexity index is 941. The van der Waals surface area contributed by atoms with E-state index in [2.05, 4.69) is 19.9 Å². The molecule has 0 N–H and O–H groups in total. The first-order valence-corrected chi connectivity index (χ1v) is 7.65. The molecule has 112 valence electrons. The van der Waals surface area contributed by atoms with Gasteiger partial charge in [0.25, 0.3) is 0 Å². The first-order valence-electron chi connectivity index (χ1n) is 7.65. The van der Waals surface area contributed by atoms with Gasteiger partial charge in [0.05, 0.1) is 17.5 Å². The zero-order chi connectivity index (χ0) is 15.8. The van der Waals surface area contributed by atoms with Crippen LogP contribution in [0.4, 0.5) is 0 Å². The Morgan fingerprint density at radius 1 is 0.609 bits per heavy atom. The first kappa shape index (κ1) is 13.8. The summed E-state index contributed by atoms with van der Waals surface area (Å²) in [6, 6.07) is 16.1. The molecule has 0 aliphatic rings. The summed E-state index contributed by atoms with van der Waals surface area (Å²) in [5.74, 6) is 1.52. The van der Waals surface area contributed by atoms with Crippen molar-refractivity contribution in [1.29, 1.82) is 0 Å². The minimum absolute atomic E-state index is 0.539. The molecule has 2 aromatic carbocycles. The molecule has 4 nitrogen and oxygen atoms in total. The minimum atomic E-state index is 0.539. The smallest absolute Gasteiger partial charge is 0.136 e. The van der Waals surface area contributed by atoms with Crippen LogP contribution < -0.4 is 0 Å². The molecule has 2 heterocycles. The number of fused-ring (bicyclic) bond motifs is 2. The van der Waals surface area contributed by atoms with Gasteiger partial charge in [0.15, 0.2) is 0 Å². The number of hydrogen-bond donors (Lipinski definition) is 0. The van der Waals surface area contributed by atoms with Crippen molar-refractivity contribution in [3.05, 3.63) is 71.6 Å². The molecule has 23 heavy (non-hydrogen) atoms. The van der Waals surface area contributed by atoms with Crippen molar-refractivity contribution in [2.24, 2.45) is 0 Å². The Morgan fingerprint density at radius 3 is 1.52 bits per heavy atom. The summed E-state index contributed by atoms with van der Waals surface area (Å²) in [7, 11) is 0. The van der Waals surface area contributed by atoms with Crippen molar-refractivity contribution in [2.45, 2.75) is 20.3 Å². The third-order valence-electron chi connectivity index (χ3n) is 4.00. The molecular weight excluding hydrogens is 284 g/mol. The maximum Gasteiger partial charge on any atom is 0.136 e. The zero-order valence-electron chi connectivity index (χ0n) is 13.1. The van der Waals surface area contributed by atoms with E-state index in [0.29, 0.717) is 6.42 Å². The van der Waals surface area contributed by atoms with Crippen LogP contribution in [-0.4, -0.2) is 19.9 Å². The topological polar surface area (TPSA) is 51.6 Å². The Labute approximate surface area is 134 Å². The van der Waals surface area contributed by atoms with E-state index in [9.17, 15) is 0 Å². The van der Waals surface area contributed by atoms with Gasteiger partial charge in [-0.05, 0) is 26.0 Å². The predicted octanol–water partition coefficient (Wildman–Crippen LogP) is 3.78. The normalized spacial score (nSPS) is 11.2.